The Bertz CT molecular complexity index is 998. The molecule has 0 heterocycles. The van der Waals surface area contributed by atoms with Gasteiger partial charge in [0, 0.05) is 19.0 Å². The van der Waals surface area contributed by atoms with Gasteiger partial charge in [-0.15, -0.1) is 0 Å². The van der Waals surface area contributed by atoms with E-state index in [0.717, 1.165) is 16.7 Å². The van der Waals surface area contributed by atoms with Crippen LogP contribution in [-0.2, 0) is 24.4 Å². The Kier molecular flexibility index (Phi) is 8.37. The Morgan fingerprint density at radius 1 is 0.750 bits per heavy atom. The van der Waals surface area contributed by atoms with Gasteiger partial charge in [0.15, 0.2) is 11.5 Å². The van der Waals surface area contributed by atoms with Crippen LogP contribution in [0.4, 0.5) is 0 Å². The van der Waals surface area contributed by atoms with Crippen LogP contribution in [0.15, 0.2) is 66.7 Å². The predicted molar refractivity (Wildman–Crippen MR) is 123 cm³/mol. The molecule has 6 heteroatoms. The summed E-state index contributed by atoms with van der Waals surface area (Å²) in [4.78, 5) is 12.3. The van der Waals surface area contributed by atoms with E-state index in [4.69, 9.17) is 18.9 Å². The molecule has 168 valence electrons. The van der Waals surface area contributed by atoms with Gasteiger partial charge in [0.05, 0.1) is 21.3 Å². The molecular weight excluding hydrogens is 406 g/mol. The van der Waals surface area contributed by atoms with Crippen molar-refractivity contribution in [1.29, 1.82) is 0 Å². The Morgan fingerprint density at radius 3 is 2.12 bits per heavy atom. The minimum absolute atomic E-state index is 0.0323. The molecule has 0 aromatic heterocycles. The fourth-order valence-corrected chi connectivity index (χ4v) is 3.23. The molecule has 1 amide bonds. The number of carbonyl (C=O) groups is 1. The van der Waals surface area contributed by atoms with Gasteiger partial charge in [0.1, 0.15) is 18.1 Å². The van der Waals surface area contributed by atoms with E-state index in [-0.39, 0.29) is 5.91 Å². The van der Waals surface area contributed by atoms with Crippen LogP contribution < -0.4 is 24.3 Å². The monoisotopic (exact) mass is 435 g/mol. The number of carbonyl (C=O) groups excluding carboxylic acids is 1. The summed E-state index contributed by atoms with van der Waals surface area (Å²) in [6, 6.07) is 21.3. The number of hydrogen-bond acceptors (Lipinski definition) is 5. The van der Waals surface area contributed by atoms with Crippen LogP contribution in [0.3, 0.4) is 0 Å². The standard InChI is InChI=1S/C26H29NO5/c1-29-22-13-20(14-23(16-22)30-2)10-12-26(28)27-17-21-9-11-24(25(15-21)31-3)32-18-19-7-5-4-6-8-19/h4-9,11,13-16H,10,12,17-18H2,1-3H3,(H,27,28). The first kappa shape index (κ1) is 23.0. The fraction of sp³-hybridized carbons (Fsp3) is 0.269. The van der Waals surface area contributed by atoms with E-state index in [1.807, 2.05) is 66.7 Å². The summed E-state index contributed by atoms with van der Waals surface area (Å²) in [5.74, 6) is 2.69. The fourth-order valence-electron chi connectivity index (χ4n) is 3.23. The first-order valence-electron chi connectivity index (χ1n) is 10.4. The lowest BCUT2D eigenvalue weighted by molar-refractivity contribution is -0.121. The summed E-state index contributed by atoms with van der Waals surface area (Å²) in [6.07, 6.45) is 0.959. The van der Waals surface area contributed by atoms with Crippen molar-refractivity contribution in [1.82, 2.24) is 5.32 Å². The first-order chi connectivity index (χ1) is 15.6. The lowest BCUT2D eigenvalue weighted by Gasteiger charge is -2.13. The van der Waals surface area contributed by atoms with Crippen LogP contribution in [0.2, 0.25) is 0 Å². The van der Waals surface area contributed by atoms with E-state index in [2.05, 4.69) is 5.32 Å². The van der Waals surface area contributed by atoms with Gasteiger partial charge < -0.3 is 24.3 Å². The third-order valence-electron chi connectivity index (χ3n) is 5.01. The molecule has 3 aromatic rings. The van der Waals surface area contributed by atoms with Crippen molar-refractivity contribution in [3.63, 3.8) is 0 Å². The molecule has 0 aliphatic carbocycles. The summed E-state index contributed by atoms with van der Waals surface area (Å²) in [6.45, 7) is 0.873. The first-order valence-corrected chi connectivity index (χ1v) is 10.4. The molecule has 0 radical (unpaired) electrons. The molecule has 32 heavy (non-hydrogen) atoms. The average Bonchev–Trinajstić information content (AvgIpc) is 2.85. The van der Waals surface area contributed by atoms with Crippen molar-refractivity contribution >= 4 is 5.91 Å². The minimum Gasteiger partial charge on any atom is -0.497 e. The molecule has 3 aromatic carbocycles. The topological polar surface area (TPSA) is 66.0 Å². The minimum atomic E-state index is -0.0323. The zero-order valence-corrected chi connectivity index (χ0v) is 18.7. The van der Waals surface area contributed by atoms with Crippen molar-refractivity contribution in [2.45, 2.75) is 26.0 Å². The third-order valence-corrected chi connectivity index (χ3v) is 5.01. The van der Waals surface area contributed by atoms with Crippen LogP contribution in [0.25, 0.3) is 0 Å². The third kappa shape index (κ3) is 6.67. The summed E-state index contributed by atoms with van der Waals surface area (Å²) in [5, 5.41) is 2.96. The van der Waals surface area contributed by atoms with Gasteiger partial charge in [-0.25, -0.2) is 0 Å². The highest BCUT2D eigenvalue weighted by Crippen LogP contribution is 2.29. The normalized spacial score (nSPS) is 10.3. The van der Waals surface area contributed by atoms with Crippen LogP contribution in [0.1, 0.15) is 23.1 Å². The van der Waals surface area contributed by atoms with Crippen molar-refractivity contribution in [2.75, 3.05) is 21.3 Å². The van der Waals surface area contributed by atoms with Crippen molar-refractivity contribution in [3.8, 4) is 23.0 Å². The highest BCUT2D eigenvalue weighted by atomic mass is 16.5. The van der Waals surface area contributed by atoms with Crippen LogP contribution >= 0.6 is 0 Å². The van der Waals surface area contributed by atoms with Crippen LogP contribution in [0, 0.1) is 0 Å². The molecule has 0 saturated carbocycles. The summed E-state index contributed by atoms with van der Waals surface area (Å²) < 4.78 is 21.9. The number of ether oxygens (including phenoxy) is 4. The number of amides is 1. The number of aryl methyl sites for hydroxylation is 1. The van der Waals surface area contributed by atoms with Gasteiger partial charge in [0.2, 0.25) is 5.91 Å². The van der Waals surface area contributed by atoms with Gasteiger partial charge >= 0.3 is 0 Å². The summed E-state index contributed by atoms with van der Waals surface area (Å²) in [7, 11) is 4.82. The molecule has 0 fully saturated rings. The van der Waals surface area contributed by atoms with E-state index in [1.54, 1.807) is 21.3 Å². The molecule has 3 rings (SSSR count). The molecule has 0 bridgehead atoms. The Labute approximate surface area is 189 Å². The second-order valence-corrected chi connectivity index (χ2v) is 7.26. The zero-order chi connectivity index (χ0) is 22.8. The second-order valence-electron chi connectivity index (χ2n) is 7.26. The lowest BCUT2D eigenvalue weighted by Crippen LogP contribution is -2.23. The molecular formula is C26H29NO5. The lowest BCUT2D eigenvalue weighted by atomic mass is 10.1. The Morgan fingerprint density at radius 2 is 1.47 bits per heavy atom. The van der Waals surface area contributed by atoms with Crippen molar-refractivity contribution < 1.29 is 23.7 Å². The van der Waals surface area contributed by atoms with Crippen molar-refractivity contribution in [3.05, 3.63) is 83.4 Å². The average molecular weight is 436 g/mol. The number of rotatable bonds is 11. The largest absolute Gasteiger partial charge is 0.497 e. The number of benzene rings is 3. The van der Waals surface area contributed by atoms with Gasteiger partial charge in [-0.05, 0) is 47.4 Å². The van der Waals surface area contributed by atoms with Gasteiger partial charge in [-0.1, -0.05) is 36.4 Å². The second kappa shape index (κ2) is 11.6. The van der Waals surface area contributed by atoms with E-state index >= 15 is 0 Å². The highest BCUT2D eigenvalue weighted by molar-refractivity contribution is 5.76. The Balaban J connectivity index is 1.52. The number of methoxy groups -OCH3 is 3. The molecule has 0 aliphatic rings. The van der Waals surface area contributed by atoms with Crippen molar-refractivity contribution in [2.24, 2.45) is 0 Å². The molecule has 0 aliphatic heterocycles. The molecule has 0 spiro atoms. The van der Waals surface area contributed by atoms with Gasteiger partial charge in [-0.3, -0.25) is 4.79 Å². The van der Waals surface area contributed by atoms with E-state index in [0.29, 0.717) is 49.0 Å². The number of nitrogens with one attached hydrogen (secondary N) is 1. The zero-order valence-electron chi connectivity index (χ0n) is 18.7. The van der Waals surface area contributed by atoms with Gasteiger partial charge in [-0.2, -0.15) is 0 Å². The molecule has 0 atom stereocenters. The van der Waals surface area contributed by atoms with E-state index < -0.39 is 0 Å². The summed E-state index contributed by atoms with van der Waals surface area (Å²) >= 11 is 0. The Hall–Kier alpha value is -3.67. The van der Waals surface area contributed by atoms with Crippen LogP contribution in [-0.4, -0.2) is 27.2 Å². The highest BCUT2D eigenvalue weighted by Gasteiger charge is 2.09. The SMILES string of the molecule is COc1cc(CCC(=O)NCc2ccc(OCc3ccccc3)c(OC)c2)cc(OC)c1. The smallest absolute Gasteiger partial charge is 0.220 e. The van der Waals surface area contributed by atoms with E-state index in [9.17, 15) is 4.79 Å². The van der Waals surface area contributed by atoms with Gasteiger partial charge in [0.25, 0.3) is 0 Å². The maximum Gasteiger partial charge on any atom is 0.220 e. The van der Waals surface area contributed by atoms with E-state index in [1.165, 1.54) is 0 Å². The molecule has 0 saturated heterocycles. The quantitative estimate of drug-likeness (QED) is 0.479. The van der Waals surface area contributed by atoms with Crippen LogP contribution in [0.5, 0.6) is 23.0 Å². The molecule has 1 N–H and O–H groups in total. The summed E-state index contributed by atoms with van der Waals surface area (Å²) in [5.41, 5.74) is 3.00. The number of hydrogen-bond donors (Lipinski definition) is 1. The molecule has 6 nitrogen and oxygen atoms in total. The maximum atomic E-state index is 12.3. The predicted octanol–water partition coefficient (Wildman–Crippen LogP) is 4.54. The maximum absolute atomic E-state index is 12.3. The molecule has 0 unspecified atom stereocenters.